The quantitative estimate of drug-likeness (QED) is 0.808. The SMILES string of the molecule is CCC(CN1C(=O)CCc2cc(N)ccc21)C(=O)O. The molecular formula is C14H18N2O3. The number of hydrogen-bond donors (Lipinski definition) is 2. The Balaban J connectivity index is 2.30. The fraction of sp³-hybridized carbons (Fsp3) is 0.429. The highest BCUT2D eigenvalue weighted by Gasteiger charge is 2.28. The summed E-state index contributed by atoms with van der Waals surface area (Å²) in [4.78, 5) is 24.7. The number of aliphatic carboxylic acids is 1. The molecule has 0 saturated carbocycles. The fourth-order valence-corrected chi connectivity index (χ4v) is 2.38. The molecule has 0 aliphatic carbocycles. The molecule has 1 aliphatic rings. The molecule has 0 fully saturated rings. The predicted molar refractivity (Wildman–Crippen MR) is 72.9 cm³/mol. The number of nitrogens with zero attached hydrogens (tertiary/aromatic N) is 1. The van der Waals surface area contributed by atoms with E-state index in [2.05, 4.69) is 0 Å². The second-order valence-electron chi connectivity index (χ2n) is 4.84. The Morgan fingerprint density at radius 2 is 2.21 bits per heavy atom. The minimum atomic E-state index is -0.863. The third-order valence-electron chi connectivity index (χ3n) is 3.55. The first-order chi connectivity index (χ1) is 9.02. The molecular weight excluding hydrogens is 244 g/mol. The molecule has 0 bridgehead atoms. The standard InChI is InChI=1S/C14H18N2O3/c1-2-9(14(18)19)8-16-12-5-4-11(15)7-10(12)3-6-13(16)17/h4-5,7,9H,2-3,6,8,15H2,1H3,(H,18,19). The number of hydrogen-bond acceptors (Lipinski definition) is 3. The lowest BCUT2D eigenvalue weighted by atomic mass is 9.98. The summed E-state index contributed by atoms with van der Waals surface area (Å²) < 4.78 is 0. The van der Waals surface area contributed by atoms with Crippen molar-refractivity contribution in [3.05, 3.63) is 23.8 Å². The molecule has 0 saturated heterocycles. The van der Waals surface area contributed by atoms with Crippen LogP contribution in [-0.2, 0) is 16.0 Å². The Labute approximate surface area is 112 Å². The molecule has 5 nitrogen and oxygen atoms in total. The Hall–Kier alpha value is -2.04. The van der Waals surface area contributed by atoms with E-state index in [0.29, 0.717) is 24.9 Å². The molecule has 1 heterocycles. The lowest BCUT2D eigenvalue weighted by Crippen LogP contribution is -2.40. The van der Waals surface area contributed by atoms with Gasteiger partial charge in [0.25, 0.3) is 0 Å². The van der Waals surface area contributed by atoms with Gasteiger partial charge in [-0.25, -0.2) is 0 Å². The number of anilines is 2. The van der Waals surface area contributed by atoms with Crippen molar-refractivity contribution in [1.29, 1.82) is 0 Å². The van der Waals surface area contributed by atoms with Crippen LogP contribution in [0.25, 0.3) is 0 Å². The van der Waals surface area contributed by atoms with Crippen LogP contribution in [0.3, 0.4) is 0 Å². The number of benzene rings is 1. The predicted octanol–water partition coefficient (Wildman–Crippen LogP) is 1.66. The number of carbonyl (C=O) groups is 2. The van der Waals surface area contributed by atoms with Gasteiger partial charge in [-0.05, 0) is 36.6 Å². The summed E-state index contributed by atoms with van der Waals surface area (Å²) in [7, 11) is 0. The normalized spacial score (nSPS) is 16.1. The van der Waals surface area contributed by atoms with Crippen molar-refractivity contribution in [3.63, 3.8) is 0 Å². The van der Waals surface area contributed by atoms with Crippen molar-refractivity contribution in [2.24, 2.45) is 5.92 Å². The number of fused-ring (bicyclic) bond motifs is 1. The maximum atomic E-state index is 12.0. The van der Waals surface area contributed by atoms with Gasteiger partial charge < -0.3 is 15.7 Å². The first-order valence-electron chi connectivity index (χ1n) is 6.44. The van der Waals surface area contributed by atoms with Gasteiger partial charge in [0.1, 0.15) is 0 Å². The van der Waals surface area contributed by atoms with Crippen molar-refractivity contribution in [2.45, 2.75) is 26.2 Å². The average Bonchev–Trinajstić information content (AvgIpc) is 2.37. The van der Waals surface area contributed by atoms with E-state index in [9.17, 15) is 9.59 Å². The lowest BCUT2D eigenvalue weighted by Gasteiger charge is -2.31. The molecule has 2 rings (SSSR count). The Bertz CT molecular complexity index is 513. The van der Waals surface area contributed by atoms with E-state index in [1.165, 1.54) is 0 Å². The highest BCUT2D eigenvalue weighted by Crippen LogP contribution is 2.30. The van der Waals surface area contributed by atoms with Crippen molar-refractivity contribution in [3.8, 4) is 0 Å². The van der Waals surface area contributed by atoms with Gasteiger partial charge >= 0.3 is 5.97 Å². The molecule has 1 aliphatic heterocycles. The van der Waals surface area contributed by atoms with Crippen LogP contribution in [0.2, 0.25) is 0 Å². The number of carboxylic acid groups (broad SMARTS) is 1. The minimum absolute atomic E-state index is 0.0167. The summed E-state index contributed by atoms with van der Waals surface area (Å²) in [5.74, 6) is -1.41. The van der Waals surface area contributed by atoms with Gasteiger partial charge in [0.2, 0.25) is 5.91 Å². The topological polar surface area (TPSA) is 83.6 Å². The Morgan fingerprint density at radius 3 is 2.84 bits per heavy atom. The molecule has 1 aromatic rings. The van der Waals surface area contributed by atoms with Crippen LogP contribution in [0.5, 0.6) is 0 Å². The van der Waals surface area contributed by atoms with E-state index in [-0.39, 0.29) is 12.5 Å². The first kappa shape index (κ1) is 13.4. The van der Waals surface area contributed by atoms with Gasteiger partial charge in [-0.1, -0.05) is 6.92 Å². The van der Waals surface area contributed by atoms with Gasteiger partial charge in [0.15, 0.2) is 0 Å². The summed E-state index contributed by atoms with van der Waals surface area (Å²) in [5.41, 5.74) is 8.22. The largest absolute Gasteiger partial charge is 0.481 e. The minimum Gasteiger partial charge on any atom is -0.481 e. The molecule has 1 atom stereocenters. The average molecular weight is 262 g/mol. The van der Waals surface area contributed by atoms with E-state index < -0.39 is 11.9 Å². The number of amides is 1. The molecule has 1 amide bonds. The number of carboxylic acids is 1. The lowest BCUT2D eigenvalue weighted by molar-refractivity contribution is -0.141. The van der Waals surface area contributed by atoms with Crippen LogP contribution < -0.4 is 10.6 Å². The molecule has 0 aromatic heterocycles. The van der Waals surface area contributed by atoms with Crippen LogP contribution >= 0.6 is 0 Å². The molecule has 19 heavy (non-hydrogen) atoms. The highest BCUT2D eigenvalue weighted by atomic mass is 16.4. The van der Waals surface area contributed by atoms with E-state index >= 15 is 0 Å². The first-order valence-corrected chi connectivity index (χ1v) is 6.44. The molecule has 3 N–H and O–H groups in total. The van der Waals surface area contributed by atoms with Gasteiger partial charge in [-0.15, -0.1) is 0 Å². The summed E-state index contributed by atoms with van der Waals surface area (Å²) in [6.45, 7) is 2.04. The van der Waals surface area contributed by atoms with Crippen molar-refractivity contribution in [2.75, 3.05) is 17.2 Å². The number of carbonyl (C=O) groups excluding carboxylic acids is 1. The summed E-state index contributed by atoms with van der Waals surface area (Å²) >= 11 is 0. The van der Waals surface area contributed by atoms with Crippen molar-refractivity contribution >= 4 is 23.3 Å². The molecule has 0 radical (unpaired) electrons. The van der Waals surface area contributed by atoms with Gasteiger partial charge in [-0.3, -0.25) is 9.59 Å². The summed E-state index contributed by atoms with van der Waals surface area (Å²) in [6.07, 6.45) is 1.58. The Kier molecular flexibility index (Phi) is 3.74. The van der Waals surface area contributed by atoms with Crippen LogP contribution in [0, 0.1) is 5.92 Å². The van der Waals surface area contributed by atoms with Gasteiger partial charge in [0.05, 0.1) is 5.92 Å². The fourth-order valence-electron chi connectivity index (χ4n) is 2.38. The van der Waals surface area contributed by atoms with Crippen LogP contribution in [-0.4, -0.2) is 23.5 Å². The number of rotatable bonds is 4. The van der Waals surface area contributed by atoms with Crippen molar-refractivity contribution < 1.29 is 14.7 Å². The van der Waals surface area contributed by atoms with Gasteiger partial charge in [-0.2, -0.15) is 0 Å². The third kappa shape index (κ3) is 2.70. The van der Waals surface area contributed by atoms with Crippen LogP contribution in [0.4, 0.5) is 11.4 Å². The highest BCUT2D eigenvalue weighted by molar-refractivity contribution is 5.97. The monoisotopic (exact) mass is 262 g/mol. The second-order valence-corrected chi connectivity index (χ2v) is 4.84. The van der Waals surface area contributed by atoms with E-state index in [1.54, 1.807) is 17.0 Å². The van der Waals surface area contributed by atoms with Gasteiger partial charge in [0, 0.05) is 24.3 Å². The van der Waals surface area contributed by atoms with Crippen molar-refractivity contribution in [1.82, 2.24) is 0 Å². The second kappa shape index (κ2) is 5.30. The van der Waals surface area contributed by atoms with Crippen LogP contribution in [0.1, 0.15) is 25.3 Å². The third-order valence-corrected chi connectivity index (χ3v) is 3.55. The smallest absolute Gasteiger partial charge is 0.308 e. The number of aryl methyl sites for hydroxylation is 1. The molecule has 0 spiro atoms. The number of nitrogens with two attached hydrogens (primary N) is 1. The van der Waals surface area contributed by atoms with Crippen LogP contribution in [0.15, 0.2) is 18.2 Å². The molecule has 102 valence electrons. The maximum Gasteiger partial charge on any atom is 0.308 e. The zero-order valence-electron chi connectivity index (χ0n) is 10.9. The zero-order chi connectivity index (χ0) is 14.0. The molecule has 1 aromatic carbocycles. The maximum absolute atomic E-state index is 12.0. The van der Waals surface area contributed by atoms with E-state index in [1.807, 2.05) is 13.0 Å². The summed E-state index contributed by atoms with van der Waals surface area (Å²) in [6, 6.07) is 5.40. The molecule has 1 unspecified atom stereocenters. The molecule has 5 heteroatoms. The Morgan fingerprint density at radius 1 is 1.47 bits per heavy atom. The summed E-state index contributed by atoms with van der Waals surface area (Å²) in [5, 5.41) is 9.12. The van der Waals surface area contributed by atoms with E-state index in [4.69, 9.17) is 10.8 Å². The van der Waals surface area contributed by atoms with E-state index in [0.717, 1.165) is 11.3 Å². The zero-order valence-corrected chi connectivity index (χ0v) is 10.9. The number of nitrogen functional groups attached to an aromatic ring is 1.